The predicted octanol–water partition coefficient (Wildman–Crippen LogP) is -4.31. The maximum atomic E-state index is 10.3. The predicted molar refractivity (Wildman–Crippen MR) is 111 cm³/mol. The molecule has 0 aliphatic carbocycles. The van der Waals surface area contributed by atoms with Crippen LogP contribution in [0.3, 0.4) is 0 Å². The SMILES string of the molecule is OCC1O[C@@H](Oc2cc3c(c(O[C@@H]4OC(CO)[C@@H](O)C(O)C4O)c2)CNCC3)C(O)C(O)[C@@H]1O. The third-order valence-electron chi connectivity index (χ3n) is 6.34. The number of ether oxygens (including phenoxy) is 4. The molecule has 0 bridgehead atoms. The molecule has 0 amide bonds. The highest BCUT2D eigenvalue weighted by atomic mass is 16.7. The van der Waals surface area contributed by atoms with Gasteiger partial charge in [0, 0.05) is 18.2 Å². The summed E-state index contributed by atoms with van der Waals surface area (Å²) >= 11 is 0. The second-order valence-electron chi connectivity index (χ2n) is 8.62. The first-order valence-electron chi connectivity index (χ1n) is 11.1. The van der Waals surface area contributed by atoms with E-state index >= 15 is 0 Å². The molecule has 192 valence electrons. The third-order valence-corrected chi connectivity index (χ3v) is 6.34. The smallest absolute Gasteiger partial charge is 0.229 e. The van der Waals surface area contributed by atoms with E-state index in [0.717, 1.165) is 11.1 Å². The van der Waals surface area contributed by atoms with Crippen LogP contribution in [0.1, 0.15) is 11.1 Å². The average molecular weight is 489 g/mol. The van der Waals surface area contributed by atoms with Crippen molar-refractivity contribution in [3.05, 3.63) is 23.3 Å². The van der Waals surface area contributed by atoms with E-state index in [1.807, 2.05) is 0 Å². The highest BCUT2D eigenvalue weighted by molar-refractivity contribution is 5.48. The van der Waals surface area contributed by atoms with Gasteiger partial charge in [-0.25, -0.2) is 0 Å². The molecule has 3 heterocycles. The molecule has 4 rings (SSSR count). The van der Waals surface area contributed by atoms with Gasteiger partial charge in [0.1, 0.15) is 60.3 Å². The summed E-state index contributed by atoms with van der Waals surface area (Å²) in [5.74, 6) is 0.387. The van der Waals surface area contributed by atoms with Crippen molar-refractivity contribution in [3.63, 3.8) is 0 Å². The maximum absolute atomic E-state index is 10.3. The largest absolute Gasteiger partial charge is 0.462 e. The van der Waals surface area contributed by atoms with Crippen molar-refractivity contribution in [2.24, 2.45) is 0 Å². The van der Waals surface area contributed by atoms with Gasteiger partial charge in [-0.05, 0) is 24.6 Å². The van der Waals surface area contributed by atoms with Crippen molar-refractivity contribution in [3.8, 4) is 11.5 Å². The minimum Gasteiger partial charge on any atom is -0.462 e. The van der Waals surface area contributed by atoms with Crippen molar-refractivity contribution in [1.29, 1.82) is 0 Å². The van der Waals surface area contributed by atoms with Crippen LogP contribution in [-0.4, -0.2) is 122 Å². The van der Waals surface area contributed by atoms with Gasteiger partial charge < -0.3 is 65.1 Å². The van der Waals surface area contributed by atoms with Crippen LogP contribution in [0.2, 0.25) is 0 Å². The number of benzene rings is 1. The first-order valence-corrected chi connectivity index (χ1v) is 11.1. The summed E-state index contributed by atoms with van der Waals surface area (Å²) in [5.41, 5.74) is 1.55. The van der Waals surface area contributed by atoms with Gasteiger partial charge in [0.05, 0.1) is 13.2 Å². The first-order chi connectivity index (χ1) is 16.2. The molecule has 2 fully saturated rings. The van der Waals surface area contributed by atoms with E-state index in [4.69, 9.17) is 18.9 Å². The number of hydrogen-bond donors (Lipinski definition) is 9. The zero-order valence-corrected chi connectivity index (χ0v) is 18.2. The molecule has 3 aliphatic heterocycles. The lowest BCUT2D eigenvalue weighted by Crippen LogP contribution is -2.60. The lowest BCUT2D eigenvalue weighted by atomic mass is 9.98. The van der Waals surface area contributed by atoms with E-state index in [2.05, 4.69) is 5.32 Å². The second-order valence-corrected chi connectivity index (χ2v) is 8.62. The Kier molecular flexibility index (Phi) is 7.91. The van der Waals surface area contributed by atoms with E-state index < -0.39 is 74.6 Å². The van der Waals surface area contributed by atoms with Gasteiger partial charge in [-0.2, -0.15) is 0 Å². The van der Waals surface area contributed by atoms with Gasteiger partial charge in [0.2, 0.25) is 12.6 Å². The Bertz CT molecular complexity index is 838. The molecule has 0 aromatic heterocycles. The van der Waals surface area contributed by atoms with Crippen LogP contribution in [0.15, 0.2) is 12.1 Å². The van der Waals surface area contributed by atoms with Crippen molar-refractivity contribution >= 4 is 0 Å². The second kappa shape index (κ2) is 10.6. The number of fused-ring (bicyclic) bond motifs is 1. The molecule has 13 nitrogen and oxygen atoms in total. The van der Waals surface area contributed by atoms with Crippen LogP contribution < -0.4 is 14.8 Å². The van der Waals surface area contributed by atoms with Gasteiger partial charge in [-0.1, -0.05) is 0 Å². The molecule has 13 heteroatoms. The zero-order valence-electron chi connectivity index (χ0n) is 18.2. The molecule has 34 heavy (non-hydrogen) atoms. The number of hydrogen-bond acceptors (Lipinski definition) is 13. The van der Waals surface area contributed by atoms with E-state index in [1.165, 1.54) is 6.07 Å². The summed E-state index contributed by atoms with van der Waals surface area (Å²) in [6.45, 7) is -0.130. The van der Waals surface area contributed by atoms with E-state index in [0.29, 0.717) is 19.5 Å². The van der Waals surface area contributed by atoms with E-state index in [-0.39, 0.29) is 11.5 Å². The fourth-order valence-corrected chi connectivity index (χ4v) is 4.30. The third kappa shape index (κ3) is 4.87. The summed E-state index contributed by atoms with van der Waals surface area (Å²) in [6, 6.07) is 3.13. The number of rotatable bonds is 6. The van der Waals surface area contributed by atoms with Crippen molar-refractivity contribution in [2.45, 2.75) is 74.4 Å². The summed E-state index contributed by atoms with van der Waals surface area (Å²) in [5, 5.41) is 82.7. The average Bonchev–Trinajstić information content (AvgIpc) is 2.84. The topological polar surface area (TPSA) is 211 Å². The van der Waals surface area contributed by atoms with Gasteiger partial charge >= 0.3 is 0 Å². The normalized spacial score (nSPS) is 40.5. The van der Waals surface area contributed by atoms with Crippen LogP contribution in [0.25, 0.3) is 0 Å². The quantitative estimate of drug-likeness (QED) is 0.185. The molecule has 9 N–H and O–H groups in total. The Hall–Kier alpha value is -1.62. The van der Waals surface area contributed by atoms with Crippen molar-refractivity contribution in [1.82, 2.24) is 5.32 Å². The van der Waals surface area contributed by atoms with E-state index in [9.17, 15) is 40.9 Å². The van der Waals surface area contributed by atoms with Crippen molar-refractivity contribution in [2.75, 3.05) is 19.8 Å². The minimum absolute atomic E-state index is 0.171. The monoisotopic (exact) mass is 489 g/mol. The van der Waals surface area contributed by atoms with E-state index in [1.54, 1.807) is 6.07 Å². The molecule has 6 unspecified atom stereocenters. The molecule has 10 atom stereocenters. The highest BCUT2D eigenvalue weighted by Crippen LogP contribution is 2.35. The van der Waals surface area contributed by atoms with Crippen LogP contribution in [0, 0.1) is 0 Å². The van der Waals surface area contributed by atoms with Crippen LogP contribution in [0.5, 0.6) is 11.5 Å². The number of nitrogens with one attached hydrogen (secondary N) is 1. The Morgan fingerprint density at radius 2 is 1.32 bits per heavy atom. The van der Waals surface area contributed by atoms with Gasteiger partial charge in [-0.3, -0.25) is 0 Å². The standard InChI is InChI=1S/C21H31NO12/c23-6-12-14(25)16(27)18(29)20(33-12)31-9-3-8-1-2-22-5-10(8)11(4-9)32-21-19(30)17(28)15(26)13(7-24)34-21/h3-4,12-30H,1-2,5-7H2/t12?,13?,14-,15-,16?,17?,18?,19?,20-,21-/m1/s1. The highest BCUT2D eigenvalue weighted by Gasteiger charge is 2.46. The number of aliphatic hydroxyl groups excluding tert-OH is 8. The molecule has 0 radical (unpaired) electrons. The summed E-state index contributed by atoms with van der Waals surface area (Å²) < 4.78 is 22.4. The van der Waals surface area contributed by atoms with Crippen LogP contribution >= 0.6 is 0 Å². The molecule has 3 aliphatic rings. The molecule has 1 aromatic carbocycles. The lowest BCUT2D eigenvalue weighted by molar-refractivity contribution is -0.278. The summed E-state index contributed by atoms with van der Waals surface area (Å²) in [6.07, 6.45) is -14.0. The van der Waals surface area contributed by atoms with Crippen molar-refractivity contribution < 1.29 is 59.8 Å². The van der Waals surface area contributed by atoms with Gasteiger partial charge in [0.25, 0.3) is 0 Å². The van der Waals surface area contributed by atoms with Gasteiger partial charge in [0.15, 0.2) is 0 Å². The lowest BCUT2D eigenvalue weighted by Gasteiger charge is -2.40. The molecular weight excluding hydrogens is 458 g/mol. The molecule has 2 saturated heterocycles. The first kappa shape index (κ1) is 25.5. The summed E-state index contributed by atoms with van der Waals surface area (Å²) in [7, 11) is 0. The Balaban J connectivity index is 1.59. The Morgan fingerprint density at radius 1 is 0.765 bits per heavy atom. The van der Waals surface area contributed by atoms with Gasteiger partial charge in [-0.15, -0.1) is 0 Å². The summed E-state index contributed by atoms with van der Waals surface area (Å²) in [4.78, 5) is 0. The molecule has 0 spiro atoms. The van der Waals surface area contributed by atoms with Crippen LogP contribution in [0.4, 0.5) is 0 Å². The van der Waals surface area contributed by atoms with Crippen LogP contribution in [-0.2, 0) is 22.4 Å². The Morgan fingerprint density at radius 3 is 1.88 bits per heavy atom. The fraction of sp³-hybridized carbons (Fsp3) is 0.714. The zero-order chi connectivity index (χ0) is 24.6. The Labute approximate surface area is 194 Å². The maximum Gasteiger partial charge on any atom is 0.229 e. The minimum atomic E-state index is -1.61. The number of aliphatic hydroxyl groups is 8. The molecular formula is C21H31NO12. The molecule has 1 aromatic rings. The molecule has 0 saturated carbocycles. The fourth-order valence-electron chi connectivity index (χ4n) is 4.30.